The largest absolute Gasteiger partial charge is 0.481 e. The highest BCUT2D eigenvalue weighted by molar-refractivity contribution is 6.30. The van der Waals surface area contributed by atoms with E-state index in [1.165, 1.54) is 6.92 Å². The second kappa shape index (κ2) is 7.65. The fourth-order valence-electron chi connectivity index (χ4n) is 1.85. The first kappa shape index (κ1) is 16.8. The smallest absolute Gasteiger partial charge is 0.265 e. The number of anilines is 2. The Morgan fingerprint density at radius 3 is 2.00 bits per heavy atom. The Bertz CT molecular complexity index is 684. The van der Waals surface area contributed by atoms with Crippen LogP contribution in [0.2, 0.25) is 5.02 Å². The maximum Gasteiger partial charge on any atom is 0.265 e. The van der Waals surface area contributed by atoms with Crippen LogP contribution in [0, 0.1) is 0 Å². The van der Waals surface area contributed by atoms with Crippen LogP contribution in [0.1, 0.15) is 13.8 Å². The number of benzene rings is 2. The van der Waals surface area contributed by atoms with Gasteiger partial charge in [-0.15, -0.1) is 0 Å². The Morgan fingerprint density at radius 2 is 1.48 bits per heavy atom. The van der Waals surface area contributed by atoms with Gasteiger partial charge in [-0.25, -0.2) is 0 Å². The van der Waals surface area contributed by atoms with Crippen molar-refractivity contribution >= 4 is 34.8 Å². The minimum Gasteiger partial charge on any atom is -0.481 e. The lowest BCUT2D eigenvalue weighted by molar-refractivity contribution is -0.122. The van der Waals surface area contributed by atoms with Gasteiger partial charge < -0.3 is 15.4 Å². The highest BCUT2D eigenvalue weighted by Crippen LogP contribution is 2.18. The normalized spacial score (nSPS) is 11.4. The lowest BCUT2D eigenvalue weighted by Gasteiger charge is -2.15. The molecule has 0 aliphatic heterocycles. The van der Waals surface area contributed by atoms with Crippen molar-refractivity contribution in [3.63, 3.8) is 0 Å². The summed E-state index contributed by atoms with van der Waals surface area (Å²) < 4.78 is 5.55. The number of nitrogens with one attached hydrogen (secondary N) is 2. The first-order valence-corrected chi connectivity index (χ1v) is 7.42. The fraction of sp³-hybridized carbons (Fsp3) is 0.176. The maximum atomic E-state index is 12.1. The molecule has 6 heteroatoms. The monoisotopic (exact) mass is 332 g/mol. The predicted octanol–water partition coefficient (Wildman–Crippen LogP) is 3.70. The molecule has 0 aromatic heterocycles. The molecule has 0 bridgehead atoms. The average molecular weight is 333 g/mol. The Hall–Kier alpha value is -2.53. The minimum atomic E-state index is -0.661. The lowest BCUT2D eigenvalue weighted by atomic mass is 10.2. The number of carbonyl (C=O) groups excluding carboxylic acids is 2. The van der Waals surface area contributed by atoms with Gasteiger partial charge in [0.05, 0.1) is 0 Å². The van der Waals surface area contributed by atoms with Crippen LogP contribution in [0.15, 0.2) is 48.5 Å². The van der Waals surface area contributed by atoms with E-state index in [2.05, 4.69) is 10.6 Å². The predicted molar refractivity (Wildman–Crippen MR) is 90.9 cm³/mol. The average Bonchev–Trinajstić information content (AvgIpc) is 2.51. The van der Waals surface area contributed by atoms with Gasteiger partial charge in [-0.2, -0.15) is 0 Å². The molecule has 2 rings (SSSR count). The van der Waals surface area contributed by atoms with E-state index in [4.69, 9.17) is 16.3 Å². The van der Waals surface area contributed by atoms with E-state index in [1.54, 1.807) is 55.5 Å². The number of halogens is 1. The molecule has 0 fully saturated rings. The molecule has 0 aliphatic rings. The lowest BCUT2D eigenvalue weighted by Crippen LogP contribution is -2.30. The molecule has 0 aliphatic carbocycles. The molecule has 0 unspecified atom stereocenters. The van der Waals surface area contributed by atoms with Crippen LogP contribution in [0.3, 0.4) is 0 Å². The van der Waals surface area contributed by atoms with Gasteiger partial charge in [-0.1, -0.05) is 11.6 Å². The quantitative estimate of drug-likeness (QED) is 0.877. The summed E-state index contributed by atoms with van der Waals surface area (Å²) in [5.41, 5.74) is 1.29. The van der Waals surface area contributed by atoms with E-state index in [9.17, 15) is 9.59 Å². The van der Waals surface area contributed by atoms with Crippen molar-refractivity contribution in [3.8, 4) is 5.75 Å². The highest BCUT2D eigenvalue weighted by atomic mass is 35.5. The first-order valence-electron chi connectivity index (χ1n) is 7.05. The van der Waals surface area contributed by atoms with Crippen LogP contribution in [0.5, 0.6) is 5.75 Å². The molecular formula is C17H17ClN2O3. The zero-order chi connectivity index (χ0) is 16.8. The van der Waals surface area contributed by atoms with E-state index in [0.29, 0.717) is 22.1 Å². The number of hydrogen-bond donors (Lipinski definition) is 2. The first-order chi connectivity index (χ1) is 10.9. The molecule has 0 spiro atoms. The summed E-state index contributed by atoms with van der Waals surface area (Å²) in [5, 5.41) is 6.01. The standard InChI is InChI=1S/C17H17ClN2O3/c1-11(23-16-9-3-13(18)4-10-16)17(22)20-15-7-5-14(6-8-15)19-12(2)21/h3-11H,1-2H3,(H,19,21)(H,20,22)/t11-/m1/s1. The van der Waals surface area contributed by atoms with E-state index in [1.807, 2.05) is 0 Å². The summed E-state index contributed by atoms with van der Waals surface area (Å²) in [6.07, 6.45) is -0.661. The molecule has 23 heavy (non-hydrogen) atoms. The van der Waals surface area contributed by atoms with Gasteiger partial charge in [-0.3, -0.25) is 9.59 Å². The molecule has 5 nitrogen and oxygen atoms in total. The maximum absolute atomic E-state index is 12.1. The van der Waals surface area contributed by atoms with Crippen LogP contribution in [0.25, 0.3) is 0 Å². The zero-order valence-electron chi connectivity index (χ0n) is 12.8. The van der Waals surface area contributed by atoms with Crippen molar-refractivity contribution < 1.29 is 14.3 Å². The molecule has 2 amide bonds. The third kappa shape index (κ3) is 5.30. The number of rotatable bonds is 5. The van der Waals surface area contributed by atoms with Gasteiger partial charge in [-0.05, 0) is 55.5 Å². The van der Waals surface area contributed by atoms with E-state index in [0.717, 1.165) is 0 Å². The van der Waals surface area contributed by atoms with Crippen molar-refractivity contribution in [3.05, 3.63) is 53.6 Å². The van der Waals surface area contributed by atoms with Gasteiger partial charge >= 0.3 is 0 Å². The van der Waals surface area contributed by atoms with Crippen LogP contribution >= 0.6 is 11.6 Å². The van der Waals surface area contributed by atoms with Crippen molar-refractivity contribution in [2.24, 2.45) is 0 Å². The SMILES string of the molecule is CC(=O)Nc1ccc(NC(=O)[C@@H](C)Oc2ccc(Cl)cc2)cc1. The van der Waals surface area contributed by atoms with Gasteiger partial charge in [0.1, 0.15) is 5.75 Å². The molecule has 0 saturated heterocycles. The Kier molecular flexibility index (Phi) is 5.60. The summed E-state index contributed by atoms with van der Waals surface area (Å²) >= 11 is 5.80. The van der Waals surface area contributed by atoms with Gasteiger partial charge in [0.15, 0.2) is 6.10 Å². The van der Waals surface area contributed by atoms with Crippen molar-refractivity contribution in [1.29, 1.82) is 0 Å². The van der Waals surface area contributed by atoms with Crippen LogP contribution in [-0.2, 0) is 9.59 Å². The second-order valence-corrected chi connectivity index (χ2v) is 5.40. The molecule has 0 saturated carbocycles. The third-order valence-corrected chi connectivity index (χ3v) is 3.22. The Balaban J connectivity index is 1.92. The summed E-state index contributed by atoms with van der Waals surface area (Å²) in [6.45, 7) is 3.10. The van der Waals surface area contributed by atoms with Gasteiger partial charge in [0.2, 0.25) is 5.91 Å². The molecule has 120 valence electrons. The minimum absolute atomic E-state index is 0.147. The molecule has 2 N–H and O–H groups in total. The van der Waals surface area contributed by atoms with Crippen LogP contribution < -0.4 is 15.4 Å². The summed E-state index contributed by atoms with van der Waals surface area (Å²) in [5.74, 6) is 0.150. The van der Waals surface area contributed by atoms with E-state index in [-0.39, 0.29) is 11.8 Å². The summed E-state index contributed by atoms with van der Waals surface area (Å²) in [4.78, 5) is 23.1. The molecule has 0 heterocycles. The number of ether oxygens (including phenoxy) is 1. The number of amides is 2. The van der Waals surface area contributed by atoms with Gasteiger partial charge in [0, 0.05) is 23.3 Å². The second-order valence-electron chi connectivity index (χ2n) is 4.96. The highest BCUT2D eigenvalue weighted by Gasteiger charge is 2.14. The number of hydrogen-bond acceptors (Lipinski definition) is 3. The molecule has 2 aromatic carbocycles. The molecular weight excluding hydrogens is 316 g/mol. The number of carbonyl (C=O) groups is 2. The summed E-state index contributed by atoms with van der Waals surface area (Å²) in [6, 6.07) is 13.6. The van der Waals surface area contributed by atoms with Crippen molar-refractivity contribution in [2.75, 3.05) is 10.6 Å². The molecule has 2 aromatic rings. The molecule has 0 radical (unpaired) electrons. The Morgan fingerprint density at radius 1 is 0.957 bits per heavy atom. The fourth-order valence-corrected chi connectivity index (χ4v) is 1.98. The third-order valence-electron chi connectivity index (χ3n) is 2.97. The van der Waals surface area contributed by atoms with Crippen molar-refractivity contribution in [1.82, 2.24) is 0 Å². The van der Waals surface area contributed by atoms with Crippen molar-refractivity contribution in [2.45, 2.75) is 20.0 Å². The van der Waals surface area contributed by atoms with Gasteiger partial charge in [0.25, 0.3) is 5.91 Å². The zero-order valence-corrected chi connectivity index (χ0v) is 13.6. The van der Waals surface area contributed by atoms with Crippen LogP contribution in [0.4, 0.5) is 11.4 Å². The Labute approximate surface area is 139 Å². The summed E-state index contributed by atoms with van der Waals surface area (Å²) in [7, 11) is 0. The molecule has 1 atom stereocenters. The topological polar surface area (TPSA) is 67.4 Å². The van der Waals surface area contributed by atoms with E-state index >= 15 is 0 Å². The van der Waals surface area contributed by atoms with E-state index < -0.39 is 6.10 Å². The van der Waals surface area contributed by atoms with Crippen LogP contribution in [-0.4, -0.2) is 17.9 Å².